The number of benzene rings is 1. The second kappa shape index (κ2) is 11.6. The van der Waals surface area contributed by atoms with Crippen LogP contribution in [-0.4, -0.2) is 97.7 Å². The summed E-state index contributed by atoms with van der Waals surface area (Å²) in [5, 5.41) is 35.7. The number of hydrogen-bond acceptors (Lipinski definition) is 9. The number of aromatic nitrogens is 1. The van der Waals surface area contributed by atoms with Crippen LogP contribution in [0.25, 0.3) is 10.9 Å². The van der Waals surface area contributed by atoms with Crippen molar-refractivity contribution < 1.29 is 38.9 Å². The fraction of sp³-hybridized carbons (Fsp3) is 0.531. The zero-order chi connectivity index (χ0) is 33.5. The van der Waals surface area contributed by atoms with Gasteiger partial charge >= 0.3 is 11.9 Å². The summed E-state index contributed by atoms with van der Waals surface area (Å²) in [6.07, 6.45) is 3.17. The molecule has 2 amide bonds. The number of β-lactam (4-membered cyclic amide) rings is 1. The Kier molecular flexibility index (Phi) is 7.83. The minimum atomic E-state index is -1.35. The molecule has 3 saturated heterocycles. The number of carboxylic acid groups (broad SMARTS) is 2. The summed E-state index contributed by atoms with van der Waals surface area (Å²) in [7, 11) is 0. The van der Waals surface area contributed by atoms with Crippen molar-refractivity contribution in [3.8, 4) is 0 Å². The van der Waals surface area contributed by atoms with E-state index in [9.17, 15) is 39.3 Å². The first-order valence-electron chi connectivity index (χ1n) is 15.9. The molecule has 4 fully saturated rings. The molecule has 15 heteroatoms. The molecule has 2 aromatic rings. The summed E-state index contributed by atoms with van der Waals surface area (Å²) in [4.78, 5) is 66.3. The maximum atomic E-state index is 15.4. The van der Waals surface area contributed by atoms with Crippen LogP contribution in [0.5, 0.6) is 0 Å². The van der Waals surface area contributed by atoms with Gasteiger partial charge in [0.15, 0.2) is 0 Å². The quantitative estimate of drug-likeness (QED) is 0.244. The van der Waals surface area contributed by atoms with Gasteiger partial charge in [-0.05, 0) is 44.7 Å². The summed E-state index contributed by atoms with van der Waals surface area (Å²) in [6, 6.07) is 1.61. The van der Waals surface area contributed by atoms with E-state index >= 15 is 4.39 Å². The fourth-order valence-corrected chi connectivity index (χ4v) is 9.14. The minimum Gasteiger partial charge on any atom is -0.477 e. The van der Waals surface area contributed by atoms with E-state index in [0.29, 0.717) is 42.9 Å². The number of aliphatic hydroxyl groups is 1. The van der Waals surface area contributed by atoms with Crippen LogP contribution in [0.3, 0.4) is 0 Å². The van der Waals surface area contributed by atoms with Gasteiger partial charge in [0.05, 0.1) is 35.3 Å². The molecule has 1 aromatic heterocycles. The number of thioether (sulfide) groups is 1. The van der Waals surface area contributed by atoms with Crippen LogP contribution in [0.15, 0.2) is 33.7 Å². The number of amides is 2. The monoisotopic (exact) mass is 669 g/mol. The van der Waals surface area contributed by atoms with Gasteiger partial charge in [-0.3, -0.25) is 14.4 Å². The van der Waals surface area contributed by atoms with Gasteiger partial charge in [-0.15, -0.1) is 11.8 Å². The van der Waals surface area contributed by atoms with E-state index in [-0.39, 0.29) is 57.4 Å². The van der Waals surface area contributed by atoms with E-state index in [2.05, 4.69) is 10.6 Å². The van der Waals surface area contributed by atoms with Gasteiger partial charge in [-0.1, -0.05) is 6.92 Å². The number of hydrogen-bond donors (Lipinski definition) is 5. The Labute approximate surface area is 272 Å². The molecule has 5 N–H and O–H groups in total. The molecule has 0 radical (unpaired) electrons. The smallest absolute Gasteiger partial charge is 0.353 e. The lowest BCUT2D eigenvalue weighted by molar-refractivity contribution is -0.163. The van der Waals surface area contributed by atoms with Crippen LogP contribution in [0, 0.1) is 17.7 Å². The highest BCUT2D eigenvalue weighted by atomic mass is 32.2. The van der Waals surface area contributed by atoms with Crippen molar-refractivity contribution in [2.45, 2.75) is 75.1 Å². The number of carbonyl (C=O) groups is 4. The van der Waals surface area contributed by atoms with Crippen LogP contribution in [-0.2, 0) is 14.4 Å². The molecule has 13 nitrogen and oxygen atoms in total. The summed E-state index contributed by atoms with van der Waals surface area (Å²) >= 11 is 1.37. The number of rotatable bonds is 9. The van der Waals surface area contributed by atoms with Crippen LogP contribution < -0.4 is 21.0 Å². The maximum absolute atomic E-state index is 15.4. The Morgan fingerprint density at radius 2 is 1.87 bits per heavy atom. The number of pyridine rings is 1. The van der Waals surface area contributed by atoms with Crippen molar-refractivity contribution in [2.24, 2.45) is 11.8 Å². The van der Waals surface area contributed by atoms with E-state index in [0.717, 1.165) is 18.9 Å². The molecule has 47 heavy (non-hydrogen) atoms. The van der Waals surface area contributed by atoms with Gasteiger partial charge in [-0.25, -0.2) is 14.0 Å². The van der Waals surface area contributed by atoms with E-state index in [4.69, 9.17) is 0 Å². The van der Waals surface area contributed by atoms with Gasteiger partial charge < -0.3 is 40.3 Å². The normalized spacial score (nSPS) is 29.3. The number of aliphatic carboxylic acids is 1. The third kappa shape index (κ3) is 5.28. The summed E-state index contributed by atoms with van der Waals surface area (Å²) in [5.41, 5.74) is -0.370. The van der Waals surface area contributed by atoms with E-state index in [1.54, 1.807) is 10.6 Å². The lowest BCUT2D eigenvalue weighted by Gasteiger charge is -2.46. The first-order valence-corrected chi connectivity index (χ1v) is 16.8. The molecule has 7 atom stereocenters. The average Bonchev–Trinajstić information content (AvgIpc) is 3.46. The van der Waals surface area contributed by atoms with E-state index in [1.165, 1.54) is 29.8 Å². The number of anilines is 1. The van der Waals surface area contributed by atoms with Crippen molar-refractivity contribution in [3.05, 3.63) is 50.5 Å². The molecule has 1 saturated carbocycles. The Balaban J connectivity index is 1.00. The van der Waals surface area contributed by atoms with Gasteiger partial charge in [0.25, 0.3) is 0 Å². The Hall–Kier alpha value is -3.95. The molecule has 0 bridgehead atoms. The van der Waals surface area contributed by atoms with Crippen LogP contribution in [0.1, 0.15) is 55.9 Å². The molecule has 0 spiro atoms. The zero-order valence-electron chi connectivity index (χ0n) is 25.8. The second-order valence-corrected chi connectivity index (χ2v) is 14.6. The van der Waals surface area contributed by atoms with Crippen molar-refractivity contribution in [2.75, 3.05) is 24.5 Å². The number of halogens is 1. The molecule has 4 aliphatic heterocycles. The summed E-state index contributed by atoms with van der Waals surface area (Å²) < 4.78 is 17.2. The highest BCUT2D eigenvalue weighted by Crippen LogP contribution is 2.52. The zero-order valence-corrected chi connectivity index (χ0v) is 26.6. The highest BCUT2D eigenvalue weighted by Gasteiger charge is 2.60. The maximum Gasteiger partial charge on any atom is 0.353 e. The number of nitrogens with zero attached hydrogens (tertiary/aromatic N) is 3. The SMILES string of the molecule is C[C@@H](O)[C@H]1C(=O)N2C(C(=O)O)=C(S[C@@H]3CN[C@H](C(=O)N[C@H]4CCN(c5cc6c(cc5F)c(=O)c(C(=O)O)cn6C5CC5)C4)C3)[C@H](C)[C@H]12. The fourth-order valence-electron chi connectivity index (χ4n) is 7.66. The number of aromatic carboxylic acids is 1. The molecule has 1 aliphatic carbocycles. The molecular weight excluding hydrogens is 633 g/mol. The summed E-state index contributed by atoms with van der Waals surface area (Å²) in [5.74, 6) is -4.65. The van der Waals surface area contributed by atoms with Crippen LogP contribution >= 0.6 is 11.8 Å². The average molecular weight is 670 g/mol. The number of carboxylic acids is 2. The first kappa shape index (κ1) is 31.6. The number of nitrogens with one attached hydrogen (secondary N) is 2. The Morgan fingerprint density at radius 1 is 1.13 bits per heavy atom. The van der Waals surface area contributed by atoms with E-state index in [1.807, 2.05) is 11.8 Å². The lowest BCUT2D eigenvalue weighted by Crippen LogP contribution is -2.63. The van der Waals surface area contributed by atoms with Crippen LogP contribution in [0.2, 0.25) is 0 Å². The first-order chi connectivity index (χ1) is 22.3. The van der Waals surface area contributed by atoms with Crippen molar-refractivity contribution in [1.82, 2.24) is 20.1 Å². The third-order valence-corrected chi connectivity index (χ3v) is 11.7. The van der Waals surface area contributed by atoms with Gasteiger partial charge in [0, 0.05) is 59.4 Å². The second-order valence-electron chi connectivity index (χ2n) is 13.3. The highest BCUT2D eigenvalue weighted by molar-refractivity contribution is 8.03. The molecule has 0 unspecified atom stereocenters. The standard InChI is InChI=1S/C32H36FN5O8S/c1-13-25-24(14(2)39)30(42)38(25)26(32(45)46)28(13)47-17-7-21(34-10-17)29(41)35-15-5-6-36(11-15)23-9-22-18(8-20(23)33)27(40)19(31(43)44)12-37(22)16-3-4-16/h8-9,12-17,21,24-25,34,39H,3-7,10-11H2,1-2H3,(H,35,41)(H,43,44)(H,45,46)/t13-,14-,15+,17+,21+,24-,25-/m1/s1. The predicted molar refractivity (Wildman–Crippen MR) is 170 cm³/mol. The minimum absolute atomic E-state index is 0.0271. The molecule has 250 valence electrons. The van der Waals surface area contributed by atoms with Gasteiger partial charge in [0.1, 0.15) is 17.1 Å². The van der Waals surface area contributed by atoms with Crippen molar-refractivity contribution in [3.63, 3.8) is 0 Å². The topological polar surface area (TPSA) is 182 Å². The Morgan fingerprint density at radius 3 is 2.53 bits per heavy atom. The molecular formula is C32H36FN5O8S. The molecule has 5 heterocycles. The summed E-state index contributed by atoms with van der Waals surface area (Å²) in [6.45, 7) is 4.69. The molecule has 7 rings (SSSR count). The number of aliphatic hydroxyl groups excluding tert-OH is 1. The molecule has 1 aromatic carbocycles. The predicted octanol–water partition coefficient (Wildman–Crippen LogP) is 1.49. The number of fused-ring (bicyclic) bond motifs is 2. The largest absolute Gasteiger partial charge is 0.477 e. The van der Waals surface area contributed by atoms with Gasteiger partial charge in [0.2, 0.25) is 17.2 Å². The molecule has 5 aliphatic rings. The lowest BCUT2D eigenvalue weighted by atomic mass is 9.79. The van der Waals surface area contributed by atoms with Gasteiger partial charge in [-0.2, -0.15) is 0 Å². The third-order valence-electron chi connectivity index (χ3n) is 10.2. The Bertz CT molecular complexity index is 1810. The van der Waals surface area contributed by atoms with E-state index < -0.39 is 47.3 Å². The van der Waals surface area contributed by atoms with Crippen molar-refractivity contribution in [1.29, 1.82) is 0 Å². The van der Waals surface area contributed by atoms with Crippen molar-refractivity contribution >= 4 is 52.1 Å². The number of carbonyl (C=O) groups excluding carboxylic acids is 2. The van der Waals surface area contributed by atoms with Crippen LogP contribution in [0.4, 0.5) is 10.1 Å².